The molecule has 1 aliphatic heterocycles. The van der Waals surface area contributed by atoms with Crippen LogP contribution in [0.5, 0.6) is 0 Å². The van der Waals surface area contributed by atoms with E-state index in [1.54, 1.807) is 6.92 Å². The summed E-state index contributed by atoms with van der Waals surface area (Å²) in [7, 11) is -3.07. The van der Waals surface area contributed by atoms with E-state index in [4.69, 9.17) is 9.63 Å². The van der Waals surface area contributed by atoms with Gasteiger partial charge in [-0.1, -0.05) is 0 Å². The molecular formula is C8H13O4P. The standard InChI is InChI=1S/C8H13O4P/c1-2-4-7(8(9)10)13(11)6-3-5-12-13/h7,11,13H,3,5-6H2,1H3,(H,9,10). The first-order valence-electron chi connectivity index (χ1n) is 4.11. The van der Waals surface area contributed by atoms with Crippen molar-refractivity contribution in [3.05, 3.63) is 0 Å². The average molecular weight is 204 g/mol. The van der Waals surface area contributed by atoms with Crippen molar-refractivity contribution >= 4 is 13.7 Å². The minimum atomic E-state index is -3.07. The molecule has 0 saturated carbocycles. The first-order valence-corrected chi connectivity index (χ1v) is 6.25. The SMILES string of the molecule is CC#CC(C(=O)O)[PH]1(O)CCCO1. The van der Waals surface area contributed by atoms with Crippen LogP contribution in [-0.4, -0.2) is 34.4 Å². The Hall–Kier alpha value is -0.620. The van der Waals surface area contributed by atoms with Crippen molar-refractivity contribution in [3.8, 4) is 11.8 Å². The third kappa shape index (κ3) is 2.19. The van der Waals surface area contributed by atoms with E-state index in [1.807, 2.05) is 0 Å². The van der Waals surface area contributed by atoms with Gasteiger partial charge in [0.25, 0.3) is 0 Å². The predicted octanol–water partition coefficient (Wildman–Crippen LogP) is 0.455. The summed E-state index contributed by atoms with van der Waals surface area (Å²) in [6.07, 6.45) is 1.20. The summed E-state index contributed by atoms with van der Waals surface area (Å²) in [4.78, 5) is 20.7. The van der Waals surface area contributed by atoms with E-state index in [0.717, 1.165) is 6.42 Å². The van der Waals surface area contributed by atoms with Gasteiger partial charge in [0.15, 0.2) is 0 Å². The van der Waals surface area contributed by atoms with Crippen LogP contribution in [0.2, 0.25) is 0 Å². The van der Waals surface area contributed by atoms with E-state index in [1.165, 1.54) is 0 Å². The van der Waals surface area contributed by atoms with Gasteiger partial charge in [-0.15, -0.1) is 0 Å². The van der Waals surface area contributed by atoms with Gasteiger partial charge in [0, 0.05) is 0 Å². The molecule has 4 nitrogen and oxygen atoms in total. The molecule has 13 heavy (non-hydrogen) atoms. The van der Waals surface area contributed by atoms with Crippen molar-refractivity contribution in [2.45, 2.75) is 19.0 Å². The van der Waals surface area contributed by atoms with Crippen LogP contribution < -0.4 is 0 Å². The van der Waals surface area contributed by atoms with Crippen LogP contribution >= 0.6 is 7.72 Å². The van der Waals surface area contributed by atoms with Gasteiger partial charge in [0.2, 0.25) is 0 Å². The molecule has 1 atom stereocenters. The Bertz CT molecular complexity index is 259. The second kappa shape index (κ2) is 4.06. The maximum absolute atomic E-state index is 10.8. The van der Waals surface area contributed by atoms with Crippen molar-refractivity contribution in [1.82, 2.24) is 0 Å². The third-order valence-electron chi connectivity index (χ3n) is 2.02. The zero-order valence-corrected chi connectivity index (χ0v) is 8.41. The molecule has 0 aromatic heterocycles. The first-order chi connectivity index (χ1) is 6.10. The van der Waals surface area contributed by atoms with E-state index >= 15 is 0 Å². The molecule has 0 amide bonds. The van der Waals surface area contributed by atoms with Crippen LogP contribution in [0.15, 0.2) is 0 Å². The van der Waals surface area contributed by atoms with Crippen molar-refractivity contribution in [3.63, 3.8) is 0 Å². The average Bonchev–Trinajstić information content (AvgIpc) is 2.48. The number of carboxylic acids is 1. The van der Waals surface area contributed by atoms with Gasteiger partial charge < -0.3 is 0 Å². The maximum atomic E-state index is 10.8. The van der Waals surface area contributed by atoms with Gasteiger partial charge in [-0.05, 0) is 0 Å². The van der Waals surface area contributed by atoms with E-state index in [9.17, 15) is 9.69 Å². The van der Waals surface area contributed by atoms with E-state index in [0.29, 0.717) is 12.8 Å². The van der Waals surface area contributed by atoms with E-state index in [-0.39, 0.29) is 0 Å². The fraction of sp³-hybridized carbons (Fsp3) is 0.625. The van der Waals surface area contributed by atoms with Gasteiger partial charge >= 0.3 is 76.6 Å². The molecule has 1 saturated heterocycles. The Labute approximate surface area is 77.4 Å². The molecule has 0 spiro atoms. The Morgan fingerprint density at radius 3 is 2.77 bits per heavy atom. The first kappa shape index (κ1) is 10.5. The number of carboxylic acid groups (broad SMARTS) is 1. The predicted molar refractivity (Wildman–Crippen MR) is 50.8 cm³/mol. The van der Waals surface area contributed by atoms with Crippen LogP contribution in [-0.2, 0) is 9.32 Å². The minimum absolute atomic E-state index is 0.456. The molecular weight excluding hydrogens is 191 g/mol. The van der Waals surface area contributed by atoms with Gasteiger partial charge in [0.05, 0.1) is 0 Å². The summed E-state index contributed by atoms with van der Waals surface area (Å²) in [5.74, 6) is 3.94. The van der Waals surface area contributed by atoms with Crippen LogP contribution in [0.1, 0.15) is 13.3 Å². The zero-order chi connectivity index (χ0) is 9.90. The molecule has 0 radical (unpaired) electrons. The summed E-state index contributed by atoms with van der Waals surface area (Å²) < 4.78 is 5.13. The number of aliphatic carboxylic acids is 1. The molecule has 0 aromatic carbocycles. The van der Waals surface area contributed by atoms with Crippen molar-refractivity contribution in [2.75, 3.05) is 12.8 Å². The summed E-state index contributed by atoms with van der Waals surface area (Å²) in [6.45, 7) is 2.01. The van der Waals surface area contributed by atoms with Crippen LogP contribution in [0, 0.1) is 11.8 Å². The molecule has 74 valence electrons. The quantitative estimate of drug-likeness (QED) is 0.506. The van der Waals surface area contributed by atoms with Crippen LogP contribution in [0.25, 0.3) is 0 Å². The van der Waals surface area contributed by atoms with Crippen LogP contribution in [0.4, 0.5) is 0 Å². The molecule has 0 bridgehead atoms. The number of hydrogen-bond donors (Lipinski definition) is 2. The molecule has 1 unspecified atom stereocenters. The number of hydrogen-bond acceptors (Lipinski definition) is 3. The van der Waals surface area contributed by atoms with Gasteiger partial charge in [-0.3, -0.25) is 0 Å². The molecule has 1 fully saturated rings. The van der Waals surface area contributed by atoms with Crippen molar-refractivity contribution in [1.29, 1.82) is 0 Å². The third-order valence-corrected chi connectivity index (χ3v) is 5.09. The summed E-state index contributed by atoms with van der Waals surface area (Å²) in [5.41, 5.74) is -1.00. The Morgan fingerprint density at radius 1 is 1.69 bits per heavy atom. The van der Waals surface area contributed by atoms with Gasteiger partial charge in [0.1, 0.15) is 0 Å². The summed E-state index contributed by atoms with van der Waals surface area (Å²) in [5, 5.41) is 8.82. The molecule has 5 heteroatoms. The van der Waals surface area contributed by atoms with Gasteiger partial charge in [-0.25, -0.2) is 0 Å². The van der Waals surface area contributed by atoms with Crippen molar-refractivity contribution in [2.24, 2.45) is 0 Å². The summed E-state index contributed by atoms with van der Waals surface area (Å²) in [6, 6.07) is 0. The fourth-order valence-electron chi connectivity index (χ4n) is 1.39. The second-order valence-corrected chi connectivity index (χ2v) is 6.02. The van der Waals surface area contributed by atoms with Crippen LogP contribution in [0.3, 0.4) is 0 Å². The molecule has 0 aliphatic carbocycles. The molecule has 2 N–H and O–H groups in total. The molecule has 1 heterocycles. The second-order valence-electron chi connectivity index (χ2n) is 2.96. The molecule has 0 aromatic rings. The molecule has 1 aliphatic rings. The molecule has 1 rings (SSSR count). The Morgan fingerprint density at radius 2 is 2.38 bits per heavy atom. The Balaban J connectivity index is 2.83. The van der Waals surface area contributed by atoms with E-state index in [2.05, 4.69) is 11.8 Å². The number of rotatable bonds is 2. The normalized spacial score (nSPS) is 24.2. The number of carbonyl (C=O) groups is 1. The fourth-order valence-corrected chi connectivity index (χ4v) is 3.89. The van der Waals surface area contributed by atoms with Crippen molar-refractivity contribution < 1.29 is 19.3 Å². The topological polar surface area (TPSA) is 66.8 Å². The monoisotopic (exact) mass is 204 g/mol. The van der Waals surface area contributed by atoms with E-state index < -0.39 is 19.3 Å². The Kier molecular flexibility index (Phi) is 3.27. The zero-order valence-electron chi connectivity index (χ0n) is 7.41. The van der Waals surface area contributed by atoms with Gasteiger partial charge in [-0.2, -0.15) is 0 Å². The summed E-state index contributed by atoms with van der Waals surface area (Å²) >= 11 is 0.